The van der Waals surface area contributed by atoms with E-state index < -0.39 is 41.9 Å². The van der Waals surface area contributed by atoms with Crippen LogP contribution < -0.4 is 21.7 Å². The Morgan fingerprint density at radius 2 is 2.00 bits per heavy atom. The second kappa shape index (κ2) is 8.41. The number of urea groups is 1. The quantitative estimate of drug-likeness (QED) is 0.393. The van der Waals surface area contributed by atoms with Crippen LogP contribution in [0.2, 0.25) is 0 Å². The number of primary amides is 1. The van der Waals surface area contributed by atoms with Crippen LogP contribution in [0.5, 0.6) is 0 Å². The van der Waals surface area contributed by atoms with E-state index in [4.69, 9.17) is 5.73 Å². The van der Waals surface area contributed by atoms with Gasteiger partial charge in [0, 0.05) is 17.7 Å². The third kappa shape index (κ3) is 5.26. The number of amides is 4. The number of carbonyl (C=O) groups excluding carboxylic acids is 3. The number of anilines is 1. The van der Waals surface area contributed by atoms with Crippen LogP contribution in [0.3, 0.4) is 0 Å². The third-order valence-corrected chi connectivity index (χ3v) is 3.67. The molecule has 10 heteroatoms. The molecule has 0 saturated carbocycles. The van der Waals surface area contributed by atoms with Crippen molar-refractivity contribution in [3.05, 3.63) is 41.7 Å². The number of aliphatic hydroxyl groups excluding tert-OH is 2. The first-order valence-electron chi connectivity index (χ1n) is 7.72. The van der Waals surface area contributed by atoms with Crippen molar-refractivity contribution in [1.29, 1.82) is 0 Å². The number of hydrogen-bond donors (Lipinski definition) is 6. The SMILES string of the molecule is NC(=O)CNC(=O)C1=CC(NC(=O)Nc2cccc(F)c2)C(O)C(O)C1. The molecule has 4 amide bonds. The lowest BCUT2D eigenvalue weighted by molar-refractivity contribution is -0.123. The van der Waals surface area contributed by atoms with Gasteiger partial charge >= 0.3 is 6.03 Å². The van der Waals surface area contributed by atoms with Crippen LogP contribution in [-0.2, 0) is 9.59 Å². The maximum atomic E-state index is 13.1. The summed E-state index contributed by atoms with van der Waals surface area (Å²) in [7, 11) is 0. The van der Waals surface area contributed by atoms with Crippen LogP contribution in [-0.4, -0.2) is 52.9 Å². The van der Waals surface area contributed by atoms with Crippen molar-refractivity contribution < 1.29 is 29.0 Å². The summed E-state index contributed by atoms with van der Waals surface area (Å²) in [6.45, 7) is -0.382. The zero-order valence-corrected chi connectivity index (χ0v) is 13.6. The molecule has 1 aliphatic carbocycles. The van der Waals surface area contributed by atoms with E-state index in [0.717, 1.165) is 6.07 Å². The molecule has 1 aliphatic rings. The van der Waals surface area contributed by atoms with Gasteiger partial charge in [-0.3, -0.25) is 9.59 Å². The van der Waals surface area contributed by atoms with Gasteiger partial charge in [0.2, 0.25) is 11.8 Å². The zero-order chi connectivity index (χ0) is 19.3. The Bertz CT molecular complexity index is 739. The molecule has 0 heterocycles. The summed E-state index contributed by atoms with van der Waals surface area (Å²) in [5, 5.41) is 26.9. The number of nitrogens with two attached hydrogens (primary N) is 1. The number of halogens is 1. The largest absolute Gasteiger partial charge is 0.390 e. The van der Waals surface area contributed by atoms with Gasteiger partial charge in [-0.05, 0) is 18.2 Å². The van der Waals surface area contributed by atoms with Crippen molar-refractivity contribution >= 4 is 23.5 Å². The van der Waals surface area contributed by atoms with E-state index in [0.29, 0.717) is 0 Å². The highest BCUT2D eigenvalue weighted by molar-refractivity contribution is 5.96. The van der Waals surface area contributed by atoms with Crippen LogP contribution >= 0.6 is 0 Å². The van der Waals surface area contributed by atoms with Crippen LogP contribution in [0.15, 0.2) is 35.9 Å². The molecule has 0 radical (unpaired) electrons. The van der Waals surface area contributed by atoms with Gasteiger partial charge in [0.25, 0.3) is 0 Å². The maximum absolute atomic E-state index is 13.1. The lowest BCUT2D eigenvalue weighted by atomic mass is 9.90. The number of nitrogens with one attached hydrogen (secondary N) is 3. The first kappa shape index (κ1) is 19.3. The Morgan fingerprint density at radius 3 is 2.65 bits per heavy atom. The van der Waals surface area contributed by atoms with Gasteiger partial charge < -0.3 is 31.9 Å². The summed E-state index contributed by atoms with van der Waals surface area (Å²) in [6.07, 6.45) is -1.52. The van der Waals surface area contributed by atoms with Gasteiger partial charge in [0.1, 0.15) is 11.9 Å². The van der Waals surface area contributed by atoms with E-state index in [2.05, 4.69) is 16.0 Å². The Kier molecular flexibility index (Phi) is 6.26. The van der Waals surface area contributed by atoms with Crippen molar-refractivity contribution in [1.82, 2.24) is 10.6 Å². The van der Waals surface area contributed by atoms with Crippen LogP contribution in [0.1, 0.15) is 6.42 Å². The molecule has 9 nitrogen and oxygen atoms in total. The fraction of sp³-hybridized carbons (Fsp3) is 0.312. The van der Waals surface area contributed by atoms with Crippen molar-refractivity contribution in [2.45, 2.75) is 24.7 Å². The van der Waals surface area contributed by atoms with E-state index in [9.17, 15) is 29.0 Å². The Labute approximate surface area is 148 Å². The molecular formula is C16H19FN4O5. The molecule has 3 unspecified atom stereocenters. The molecule has 0 saturated heterocycles. The minimum absolute atomic E-state index is 0.0834. The molecule has 0 bridgehead atoms. The molecule has 0 aromatic heterocycles. The summed E-state index contributed by atoms with van der Waals surface area (Å²) >= 11 is 0. The first-order chi connectivity index (χ1) is 12.3. The molecular weight excluding hydrogens is 347 g/mol. The lowest BCUT2D eigenvalue weighted by Gasteiger charge is -2.31. The fourth-order valence-electron chi connectivity index (χ4n) is 2.43. The number of benzene rings is 1. The van der Waals surface area contributed by atoms with E-state index in [1.54, 1.807) is 0 Å². The summed E-state index contributed by atoms with van der Waals surface area (Å²) < 4.78 is 13.1. The van der Waals surface area contributed by atoms with Crippen molar-refractivity contribution in [3.8, 4) is 0 Å². The zero-order valence-electron chi connectivity index (χ0n) is 13.6. The second-order valence-corrected chi connectivity index (χ2v) is 5.74. The smallest absolute Gasteiger partial charge is 0.319 e. The highest BCUT2D eigenvalue weighted by atomic mass is 19.1. The Hall–Kier alpha value is -2.98. The first-order valence-corrected chi connectivity index (χ1v) is 7.72. The van der Waals surface area contributed by atoms with Crippen LogP contribution in [0.25, 0.3) is 0 Å². The standard InChI is InChI=1S/C16H19FN4O5/c17-9-2-1-3-10(6-9)20-16(26)21-11-4-8(5-12(22)14(11)24)15(25)19-7-13(18)23/h1-4,6,11-12,14,22,24H,5,7H2,(H2,18,23)(H,19,25)(H2,20,21,26). The van der Waals surface area contributed by atoms with E-state index in [-0.39, 0.29) is 24.2 Å². The maximum Gasteiger partial charge on any atom is 0.319 e. The Balaban J connectivity index is 2.05. The molecule has 2 rings (SSSR count). The summed E-state index contributed by atoms with van der Waals surface area (Å²) in [6, 6.07) is 3.36. The number of carbonyl (C=O) groups is 3. The molecule has 1 aromatic carbocycles. The molecule has 0 aliphatic heterocycles. The topological polar surface area (TPSA) is 154 Å². The summed E-state index contributed by atoms with van der Waals surface area (Å²) in [4.78, 5) is 34.7. The van der Waals surface area contributed by atoms with Gasteiger partial charge in [0.05, 0.1) is 18.7 Å². The number of hydrogen-bond acceptors (Lipinski definition) is 5. The van der Waals surface area contributed by atoms with Crippen molar-refractivity contribution in [2.24, 2.45) is 5.73 Å². The normalized spacial score (nSPS) is 22.1. The average Bonchev–Trinajstić information content (AvgIpc) is 2.56. The Morgan fingerprint density at radius 1 is 1.27 bits per heavy atom. The van der Waals surface area contributed by atoms with Crippen LogP contribution in [0, 0.1) is 5.82 Å². The van der Waals surface area contributed by atoms with Gasteiger partial charge in [-0.1, -0.05) is 12.1 Å². The van der Waals surface area contributed by atoms with Gasteiger partial charge in [-0.15, -0.1) is 0 Å². The molecule has 7 N–H and O–H groups in total. The lowest BCUT2D eigenvalue weighted by Crippen LogP contribution is -2.52. The number of aliphatic hydroxyl groups is 2. The van der Waals surface area contributed by atoms with E-state index in [1.165, 1.54) is 24.3 Å². The molecule has 3 atom stereocenters. The van der Waals surface area contributed by atoms with E-state index in [1.807, 2.05) is 0 Å². The van der Waals surface area contributed by atoms with Gasteiger partial charge in [-0.2, -0.15) is 0 Å². The molecule has 26 heavy (non-hydrogen) atoms. The minimum Gasteiger partial charge on any atom is -0.390 e. The predicted octanol–water partition coefficient (Wildman–Crippen LogP) is -1.03. The third-order valence-electron chi connectivity index (χ3n) is 3.67. The van der Waals surface area contributed by atoms with Crippen molar-refractivity contribution in [2.75, 3.05) is 11.9 Å². The minimum atomic E-state index is -1.35. The average molecular weight is 366 g/mol. The number of rotatable bonds is 5. The van der Waals surface area contributed by atoms with Crippen molar-refractivity contribution in [3.63, 3.8) is 0 Å². The molecule has 0 spiro atoms. The van der Waals surface area contributed by atoms with Crippen LogP contribution in [0.4, 0.5) is 14.9 Å². The molecule has 140 valence electrons. The molecule has 1 aromatic rings. The second-order valence-electron chi connectivity index (χ2n) is 5.74. The van der Waals surface area contributed by atoms with Gasteiger partial charge in [-0.25, -0.2) is 9.18 Å². The summed E-state index contributed by atoms with van der Waals surface area (Å²) in [5.41, 5.74) is 5.22. The molecule has 0 fully saturated rings. The fourth-order valence-corrected chi connectivity index (χ4v) is 2.43. The highest BCUT2D eigenvalue weighted by Crippen LogP contribution is 2.20. The monoisotopic (exact) mass is 366 g/mol. The van der Waals surface area contributed by atoms with E-state index >= 15 is 0 Å². The van der Waals surface area contributed by atoms with Gasteiger partial charge in [0.15, 0.2) is 0 Å². The highest BCUT2D eigenvalue weighted by Gasteiger charge is 2.33. The summed E-state index contributed by atoms with van der Waals surface area (Å²) in [5.74, 6) is -1.92. The predicted molar refractivity (Wildman–Crippen MR) is 89.3 cm³/mol.